The molecule has 0 aromatic heterocycles. The van der Waals surface area contributed by atoms with Crippen molar-refractivity contribution < 1.29 is 27.4 Å². The van der Waals surface area contributed by atoms with Gasteiger partial charge in [0.05, 0.1) is 19.1 Å². The van der Waals surface area contributed by atoms with Gasteiger partial charge in [-0.3, -0.25) is 4.79 Å². The van der Waals surface area contributed by atoms with Crippen LogP contribution in [0.25, 0.3) is 0 Å². The van der Waals surface area contributed by atoms with Crippen molar-refractivity contribution in [2.75, 3.05) is 32.9 Å². The van der Waals surface area contributed by atoms with Crippen molar-refractivity contribution in [3.8, 4) is 0 Å². The van der Waals surface area contributed by atoms with Gasteiger partial charge < -0.3 is 14.8 Å². The average Bonchev–Trinajstić information content (AvgIpc) is 2.21. The maximum Gasteiger partial charge on any atom is 0.411 e. The third kappa shape index (κ3) is 10.1. The zero-order chi connectivity index (χ0) is 13.3. The van der Waals surface area contributed by atoms with Gasteiger partial charge in [0.15, 0.2) is 0 Å². The lowest BCUT2D eigenvalue weighted by molar-refractivity contribution is -0.173. The molecule has 102 valence electrons. The van der Waals surface area contributed by atoms with E-state index in [0.29, 0.717) is 13.2 Å². The van der Waals surface area contributed by atoms with Gasteiger partial charge in [-0.15, -0.1) is 0 Å². The number of ether oxygens (including phenoxy) is 2. The largest absolute Gasteiger partial charge is 0.466 e. The lowest BCUT2D eigenvalue weighted by atomic mass is 10.2. The predicted molar refractivity (Wildman–Crippen MR) is 55.5 cm³/mol. The molecule has 0 fully saturated rings. The fourth-order valence-corrected chi connectivity index (χ4v) is 1.02. The summed E-state index contributed by atoms with van der Waals surface area (Å²) in [5, 5.41) is 2.82. The van der Waals surface area contributed by atoms with Crippen LogP contribution in [-0.4, -0.2) is 45.1 Å². The SMILES string of the molecule is CCOC(=O)C(C)CNCCOCC(F)(F)F. The Bertz CT molecular complexity index is 221. The van der Waals surface area contributed by atoms with Crippen LogP contribution in [0.3, 0.4) is 0 Å². The van der Waals surface area contributed by atoms with Gasteiger partial charge in [0.25, 0.3) is 0 Å². The minimum atomic E-state index is -4.29. The summed E-state index contributed by atoms with van der Waals surface area (Å²) < 4.78 is 44.2. The highest BCUT2D eigenvalue weighted by atomic mass is 19.4. The van der Waals surface area contributed by atoms with Crippen LogP contribution in [0.1, 0.15) is 13.8 Å². The third-order valence-electron chi connectivity index (χ3n) is 1.83. The fraction of sp³-hybridized carbons (Fsp3) is 0.900. The number of carbonyl (C=O) groups excluding carboxylic acids is 1. The van der Waals surface area contributed by atoms with E-state index in [9.17, 15) is 18.0 Å². The molecule has 0 saturated carbocycles. The second kappa shape index (κ2) is 8.30. The van der Waals surface area contributed by atoms with Crippen molar-refractivity contribution >= 4 is 5.97 Å². The number of nitrogens with one attached hydrogen (secondary N) is 1. The molecular formula is C10H18F3NO3. The van der Waals surface area contributed by atoms with Gasteiger partial charge in [0, 0.05) is 13.1 Å². The molecule has 0 aliphatic rings. The zero-order valence-corrected chi connectivity index (χ0v) is 9.97. The van der Waals surface area contributed by atoms with Crippen LogP contribution >= 0.6 is 0 Å². The number of hydrogen-bond donors (Lipinski definition) is 1. The molecule has 1 N–H and O–H groups in total. The van der Waals surface area contributed by atoms with Crippen molar-refractivity contribution in [3.63, 3.8) is 0 Å². The van der Waals surface area contributed by atoms with Gasteiger partial charge in [-0.1, -0.05) is 6.92 Å². The standard InChI is InChI=1S/C10H18F3NO3/c1-3-17-9(15)8(2)6-14-4-5-16-7-10(11,12)13/h8,14H,3-7H2,1-2H3. The van der Waals surface area contributed by atoms with Crippen molar-refractivity contribution in [1.29, 1.82) is 0 Å². The van der Waals surface area contributed by atoms with E-state index in [1.54, 1.807) is 13.8 Å². The second-order valence-corrected chi connectivity index (χ2v) is 3.52. The van der Waals surface area contributed by atoms with Gasteiger partial charge in [-0.25, -0.2) is 0 Å². The average molecular weight is 257 g/mol. The van der Waals surface area contributed by atoms with Crippen LogP contribution in [0.4, 0.5) is 13.2 Å². The first kappa shape index (κ1) is 16.2. The maximum absolute atomic E-state index is 11.7. The molecule has 4 nitrogen and oxygen atoms in total. The summed E-state index contributed by atoms with van der Waals surface area (Å²) in [5.41, 5.74) is 0. The molecule has 0 aliphatic heterocycles. The number of alkyl halides is 3. The molecule has 1 atom stereocenters. The highest BCUT2D eigenvalue weighted by molar-refractivity contribution is 5.72. The van der Waals surface area contributed by atoms with E-state index in [1.165, 1.54) is 0 Å². The number of rotatable bonds is 8. The van der Waals surface area contributed by atoms with E-state index in [0.717, 1.165) is 0 Å². The molecule has 0 bridgehead atoms. The van der Waals surface area contributed by atoms with E-state index in [1.807, 2.05) is 0 Å². The third-order valence-corrected chi connectivity index (χ3v) is 1.83. The van der Waals surface area contributed by atoms with Crippen molar-refractivity contribution in [2.45, 2.75) is 20.0 Å². The Hall–Kier alpha value is -0.820. The van der Waals surface area contributed by atoms with E-state index in [-0.39, 0.29) is 25.0 Å². The molecule has 0 radical (unpaired) electrons. The Morgan fingerprint density at radius 3 is 2.59 bits per heavy atom. The summed E-state index contributed by atoms with van der Waals surface area (Å²) in [6, 6.07) is 0. The minimum Gasteiger partial charge on any atom is -0.466 e. The molecule has 0 amide bonds. The molecule has 0 rings (SSSR count). The van der Waals surface area contributed by atoms with Crippen molar-refractivity contribution in [2.24, 2.45) is 5.92 Å². The molecule has 1 unspecified atom stereocenters. The molecule has 0 heterocycles. The van der Waals surface area contributed by atoms with E-state index >= 15 is 0 Å². The molecule has 0 saturated heterocycles. The fourth-order valence-electron chi connectivity index (χ4n) is 1.02. The summed E-state index contributed by atoms with van der Waals surface area (Å²) in [6.07, 6.45) is -4.29. The van der Waals surface area contributed by atoms with E-state index in [4.69, 9.17) is 4.74 Å². The van der Waals surface area contributed by atoms with Gasteiger partial charge in [-0.2, -0.15) is 13.2 Å². The molecule has 17 heavy (non-hydrogen) atoms. The monoisotopic (exact) mass is 257 g/mol. The van der Waals surface area contributed by atoms with E-state index in [2.05, 4.69) is 10.1 Å². The number of esters is 1. The predicted octanol–water partition coefficient (Wildman–Crippen LogP) is 1.35. The maximum atomic E-state index is 11.7. The van der Waals surface area contributed by atoms with Crippen LogP contribution < -0.4 is 5.32 Å². The second-order valence-electron chi connectivity index (χ2n) is 3.52. The molecule has 7 heteroatoms. The van der Waals surface area contributed by atoms with Crippen LogP contribution in [0.15, 0.2) is 0 Å². The topological polar surface area (TPSA) is 47.6 Å². The quantitative estimate of drug-likeness (QED) is 0.527. The Morgan fingerprint density at radius 2 is 2.06 bits per heavy atom. The molecule has 0 spiro atoms. The van der Waals surface area contributed by atoms with Crippen LogP contribution in [0.5, 0.6) is 0 Å². The zero-order valence-electron chi connectivity index (χ0n) is 9.97. The van der Waals surface area contributed by atoms with Crippen LogP contribution in [-0.2, 0) is 14.3 Å². The summed E-state index contributed by atoms with van der Waals surface area (Å²) >= 11 is 0. The first-order valence-corrected chi connectivity index (χ1v) is 5.38. The van der Waals surface area contributed by atoms with Gasteiger partial charge in [-0.05, 0) is 6.92 Å². The summed E-state index contributed by atoms with van der Waals surface area (Å²) in [4.78, 5) is 11.2. The van der Waals surface area contributed by atoms with Gasteiger partial charge in [0.2, 0.25) is 0 Å². The number of halogens is 3. The minimum absolute atomic E-state index is 0.0466. The highest BCUT2D eigenvalue weighted by Crippen LogP contribution is 2.13. The van der Waals surface area contributed by atoms with Crippen molar-refractivity contribution in [1.82, 2.24) is 5.32 Å². The number of hydrogen-bond acceptors (Lipinski definition) is 4. The summed E-state index contributed by atoms with van der Waals surface area (Å²) in [6.45, 7) is 3.04. The number of carbonyl (C=O) groups is 1. The summed E-state index contributed by atoms with van der Waals surface area (Å²) in [7, 11) is 0. The molecule has 0 aliphatic carbocycles. The van der Waals surface area contributed by atoms with Gasteiger partial charge >= 0.3 is 12.1 Å². The lowest BCUT2D eigenvalue weighted by Gasteiger charge is -2.12. The molecule has 0 aromatic rings. The first-order chi connectivity index (χ1) is 7.87. The first-order valence-electron chi connectivity index (χ1n) is 5.38. The Labute approximate surface area is 98.5 Å². The smallest absolute Gasteiger partial charge is 0.411 e. The van der Waals surface area contributed by atoms with Crippen LogP contribution in [0.2, 0.25) is 0 Å². The molecule has 0 aromatic carbocycles. The van der Waals surface area contributed by atoms with E-state index < -0.39 is 12.8 Å². The van der Waals surface area contributed by atoms with Gasteiger partial charge in [0.1, 0.15) is 6.61 Å². The molecular weight excluding hydrogens is 239 g/mol. The van der Waals surface area contributed by atoms with Crippen molar-refractivity contribution in [3.05, 3.63) is 0 Å². The lowest BCUT2D eigenvalue weighted by Crippen LogP contribution is -2.31. The van der Waals surface area contributed by atoms with Crippen LogP contribution in [0, 0.1) is 5.92 Å². The highest BCUT2D eigenvalue weighted by Gasteiger charge is 2.27. The normalized spacial score (nSPS) is 13.5. The Morgan fingerprint density at radius 1 is 1.41 bits per heavy atom. The Balaban J connectivity index is 3.42. The Kier molecular flexibility index (Phi) is 7.90. The summed E-state index contributed by atoms with van der Waals surface area (Å²) in [5.74, 6) is -0.645.